The molecule has 0 bridgehead atoms. The van der Waals surface area contributed by atoms with Crippen LogP contribution in [0, 0.1) is 6.92 Å². The van der Waals surface area contributed by atoms with Crippen molar-refractivity contribution in [2.75, 3.05) is 6.61 Å². The number of halogens is 2. The number of hydrogen-bond acceptors (Lipinski definition) is 6. The second-order valence-corrected chi connectivity index (χ2v) is 10.9. The smallest absolute Gasteiger partial charge is 0.285 e. The van der Waals surface area contributed by atoms with Crippen molar-refractivity contribution in [2.24, 2.45) is 0 Å². The predicted molar refractivity (Wildman–Crippen MR) is 155 cm³/mol. The van der Waals surface area contributed by atoms with Gasteiger partial charge in [-0.1, -0.05) is 59.3 Å². The number of hydrazine groups is 1. The van der Waals surface area contributed by atoms with Crippen molar-refractivity contribution >= 4 is 73.7 Å². The van der Waals surface area contributed by atoms with Crippen LogP contribution in [-0.4, -0.2) is 27.8 Å². The fourth-order valence-electron chi connectivity index (χ4n) is 3.43. The van der Waals surface area contributed by atoms with Crippen LogP contribution < -0.4 is 14.9 Å². The topological polar surface area (TPSA) is 67.9 Å². The quantitative estimate of drug-likeness (QED) is 0.218. The fraction of sp³-hybridized carbons (Fsp3) is 0.148. The van der Waals surface area contributed by atoms with Crippen molar-refractivity contribution in [1.82, 2.24) is 10.4 Å². The van der Waals surface area contributed by atoms with E-state index < -0.39 is 11.8 Å². The van der Waals surface area contributed by atoms with Crippen molar-refractivity contribution in [1.29, 1.82) is 0 Å². The lowest BCUT2D eigenvalue weighted by atomic mass is 10.1. The van der Waals surface area contributed by atoms with Crippen molar-refractivity contribution < 1.29 is 19.1 Å². The minimum atomic E-state index is -0.418. The molecule has 0 saturated carbocycles. The summed E-state index contributed by atoms with van der Waals surface area (Å²) in [5.74, 6) is 0.206. The standard InChI is InChI=1S/C27H22BrClN2O4S2/c1-3-34-22-13-17(12-20(28)24(22)35-15-19-6-4-5-7-21(19)29)14-23-26(33)31(27(36)37-23)30-25(32)18-10-8-16(2)9-11-18/h4-14H,3,15H2,1-2H3,(H,30,32)/b23-14-. The molecular weight excluding hydrogens is 596 g/mol. The molecule has 1 saturated heterocycles. The lowest BCUT2D eigenvalue weighted by molar-refractivity contribution is -0.123. The monoisotopic (exact) mass is 616 g/mol. The summed E-state index contributed by atoms with van der Waals surface area (Å²) in [4.78, 5) is 26.0. The maximum atomic E-state index is 13.0. The van der Waals surface area contributed by atoms with Gasteiger partial charge in [0.1, 0.15) is 6.61 Å². The van der Waals surface area contributed by atoms with Gasteiger partial charge in [0.15, 0.2) is 15.8 Å². The Morgan fingerprint density at radius 1 is 1.16 bits per heavy atom. The molecule has 10 heteroatoms. The molecule has 6 nitrogen and oxygen atoms in total. The van der Waals surface area contributed by atoms with E-state index in [1.807, 2.05) is 50.2 Å². The fourth-order valence-corrected chi connectivity index (χ4v) is 5.37. The molecule has 37 heavy (non-hydrogen) atoms. The lowest BCUT2D eigenvalue weighted by Crippen LogP contribution is -2.44. The molecule has 0 aliphatic carbocycles. The van der Waals surface area contributed by atoms with Crippen LogP contribution >= 0.6 is 51.5 Å². The molecule has 3 aromatic carbocycles. The molecule has 0 unspecified atom stereocenters. The predicted octanol–water partition coefficient (Wildman–Crippen LogP) is 6.93. The number of hydrogen-bond donors (Lipinski definition) is 1. The maximum Gasteiger partial charge on any atom is 0.285 e. The number of thiocarbonyl (C=S) groups is 1. The zero-order valence-corrected chi connectivity index (χ0v) is 23.9. The molecule has 1 aliphatic rings. The number of amides is 2. The Balaban J connectivity index is 1.53. The number of rotatable bonds is 8. The Labute approximate surface area is 238 Å². The molecule has 0 spiro atoms. The van der Waals surface area contributed by atoms with Gasteiger partial charge in [0.25, 0.3) is 11.8 Å². The summed E-state index contributed by atoms with van der Waals surface area (Å²) in [7, 11) is 0. The highest BCUT2D eigenvalue weighted by atomic mass is 79.9. The molecule has 2 amide bonds. The van der Waals surface area contributed by atoms with Crippen LogP contribution in [0.2, 0.25) is 5.02 Å². The van der Waals surface area contributed by atoms with Crippen molar-refractivity contribution in [3.8, 4) is 11.5 Å². The van der Waals surface area contributed by atoms with E-state index in [0.717, 1.165) is 27.9 Å². The molecule has 1 aliphatic heterocycles. The molecule has 1 fully saturated rings. The third-order valence-corrected chi connectivity index (χ3v) is 7.54. The highest BCUT2D eigenvalue weighted by Gasteiger charge is 2.34. The van der Waals surface area contributed by atoms with Crippen LogP contribution in [0.5, 0.6) is 11.5 Å². The summed E-state index contributed by atoms with van der Waals surface area (Å²) in [6, 6.07) is 18.1. The van der Waals surface area contributed by atoms with Crippen LogP contribution in [0.25, 0.3) is 6.08 Å². The molecule has 1 heterocycles. The minimum Gasteiger partial charge on any atom is -0.490 e. The van der Waals surface area contributed by atoms with Crippen LogP contribution in [-0.2, 0) is 11.4 Å². The summed E-state index contributed by atoms with van der Waals surface area (Å²) >= 11 is 16.3. The first kappa shape index (κ1) is 27.2. The van der Waals surface area contributed by atoms with Crippen molar-refractivity contribution in [3.63, 3.8) is 0 Å². The normalized spacial score (nSPS) is 14.3. The molecule has 1 N–H and O–H groups in total. The van der Waals surface area contributed by atoms with Crippen molar-refractivity contribution in [2.45, 2.75) is 20.5 Å². The lowest BCUT2D eigenvalue weighted by Gasteiger charge is -2.16. The van der Waals surface area contributed by atoms with Gasteiger partial charge in [0, 0.05) is 16.1 Å². The Morgan fingerprint density at radius 3 is 2.59 bits per heavy atom. The number of benzene rings is 3. The highest BCUT2D eigenvalue weighted by molar-refractivity contribution is 9.10. The van der Waals surface area contributed by atoms with Gasteiger partial charge < -0.3 is 9.47 Å². The first-order valence-electron chi connectivity index (χ1n) is 11.2. The molecule has 190 valence electrons. The average Bonchev–Trinajstić information content (AvgIpc) is 3.12. The molecule has 3 aromatic rings. The van der Waals surface area contributed by atoms with E-state index >= 15 is 0 Å². The van der Waals surface area contributed by atoms with Crippen LogP contribution in [0.3, 0.4) is 0 Å². The summed E-state index contributed by atoms with van der Waals surface area (Å²) in [5.41, 5.74) is 5.60. The minimum absolute atomic E-state index is 0.237. The second-order valence-electron chi connectivity index (χ2n) is 7.97. The van der Waals surface area contributed by atoms with E-state index in [4.69, 9.17) is 33.3 Å². The maximum absolute atomic E-state index is 13.0. The number of ether oxygens (including phenoxy) is 2. The van der Waals surface area contributed by atoms with E-state index in [-0.39, 0.29) is 10.9 Å². The van der Waals surface area contributed by atoms with Gasteiger partial charge in [-0.3, -0.25) is 15.0 Å². The van der Waals surface area contributed by atoms with Crippen molar-refractivity contribution in [3.05, 3.63) is 97.3 Å². The van der Waals surface area contributed by atoms with Gasteiger partial charge in [-0.2, -0.15) is 5.01 Å². The molecule has 0 aromatic heterocycles. The summed E-state index contributed by atoms with van der Waals surface area (Å²) in [6.07, 6.45) is 1.70. The van der Waals surface area contributed by atoms with E-state index in [2.05, 4.69) is 21.4 Å². The Hall–Kier alpha value is -2.85. The Bertz CT molecular complexity index is 1400. The van der Waals surface area contributed by atoms with Gasteiger partial charge in [0.05, 0.1) is 16.0 Å². The first-order valence-corrected chi connectivity index (χ1v) is 13.6. The molecular formula is C27H22BrClN2O4S2. The molecule has 4 rings (SSSR count). The van der Waals surface area contributed by atoms with Gasteiger partial charge in [0.2, 0.25) is 0 Å². The second kappa shape index (κ2) is 12.1. The Kier molecular flexibility index (Phi) is 8.91. The Morgan fingerprint density at radius 2 is 1.89 bits per heavy atom. The van der Waals surface area contributed by atoms with E-state index in [0.29, 0.717) is 43.6 Å². The number of nitrogens with zero attached hydrogens (tertiary/aromatic N) is 1. The SMILES string of the molecule is CCOc1cc(/C=C2\SC(=S)N(NC(=O)c3ccc(C)cc3)C2=O)cc(Br)c1OCc1ccccc1Cl. The summed E-state index contributed by atoms with van der Waals surface area (Å²) < 4.78 is 12.7. The third-order valence-electron chi connectivity index (χ3n) is 5.28. The summed E-state index contributed by atoms with van der Waals surface area (Å²) in [6.45, 7) is 4.49. The van der Waals surface area contributed by atoms with E-state index in [1.54, 1.807) is 30.3 Å². The average molecular weight is 618 g/mol. The number of carbonyl (C=O) groups excluding carboxylic acids is 2. The number of nitrogens with one attached hydrogen (secondary N) is 1. The first-order chi connectivity index (χ1) is 17.8. The van der Waals surface area contributed by atoms with Gasteiger partial charge in [-0.25, -0.2) is 0 Å². The third kappa shape index (κ3) is 6.54. The molecule has 0 atom stereocenters. The highest BCUT2D eigenvalue weighted by Crippen LogP contribution is 2.40. The van der Waals surface area contributed by atoms with E-state index in [1.165, 1.54) is 0 Å². The number of aryl methyl sites for hydroxylation is 1. The zero-order chi connectivity index (χ0) is 26.5. The number of carbonyl (C=O) groups is 2. The summed E-state index contributed by atoms with van der Waals surface area (Å²) in [5, 5.41) is 1.71. The van der Waals surface area contributed by atoms with Gasteiger partial charge in [-0.15, -0.1) is 0 Å². The van der Waals surface area contributed by atoms with Crippen LogP contribution in [0.4, 0.5) is 0 Å². The largest absolute Gasteiger partial charge is 0.490 e. The van der Waals surface area contributed by atoms with Crippen LogP contribution in [0.15, 0.2) is 70.0 Å². The number of thioether (sulfide) groups is 1. The van der Waals surface area contributed by atoms with E-state index in [9.17, 15) is 9.59 Å². The van der Waals surface area contributed by atoms with Gasteiger partial charge in [-0.05, 0) is 84.0 Å². The van der Waals surface area contributed by atoms with Crippen LogP contribution in [0.1, 0.15) is 34.0 Å². The zero-order valence-electron chi connectivity index (χ0n) is 19.9. The van der Waals surface area contributed by atoms with Gasteiger partial charge >= 0.3 is 0 Å². The molecule has 0 radical (unpaired) electrons.